The molecule has 0 aliphatic carbocycles. The third-order valence-corrected chi connectivity index (χ3v) is 7.79. The summed E-state index contributed by atoms with van der Waals surface area (Å²) < 4.78 is 33.5. The van der Waals surface area contributed by atoms with Gasteiger partial charge in [0.1, 0.15) is 11.2 Å². The molecule has 3 rings (SSSR count). The molecule has 7 nitrogen and oxygen atoms in total. The molecule has 0 radical (unpaired) electrons. The Balaban J connectivity index is 1.71. The van der Waals surface area contributed by atoms with E-state index in [1.54, 1.807) is 23.2 Å². The third kappa shape index (κ3) is 5.84. The quantitative estimate of drug-likeness (QED) is 0.377. The number of aromatic nitrogens is 1. The molecule has 1 saturated heterocycles. The number of carbonyl (C=O) groups excluding carboxylic acids is 1. The number of nitrogens with zero attached hydrogens (tertiary/aromatic N) is 3. The van der Waals surface area contributed by atoms with Crippen molar-refractivity contribution in [1.29, 1.82) is 0 Å². The van der Waals surface area contributed by atoms with Crippen LogP contribution in [0.3, 0.4) is 0 Å². The number of sulfonamides is 1. The molecule has 0 atom stereocenters. The number of hydrogen-bond acceptors (Lipinski definition) is 6. The number of anilines is 1. The number of piperidine rings is 1. The second kappa shape index (κ2) is 10.4. The Bertz CT molecular complexity index is 1060. The predicted octanol–water partition coefficient (Wildman–Crippen LogP) is 4.14. The van der Waals surface area contributed by atoms with Crippen molar-refractivity contribution < 1.29 is 17.9 Å². The van der Waals surface area contributed by atoms with Crippen LogP contribution in [0.5, 0.6) is 0 Å². The highest BCUT2D eigenvalue weighted by Gasteiger charge is 2.26. The van der Waals surface area contributed by atoms with Gasteiger partial charge in [0.2, 0.25) is 10.0 Å². The summed E-state index contributed by atoms with van der Waals surface area (Å²) in [6.07, 6.45) is 4.39. The van der Waals surface area contributed by atoms with Crippen molar-refractivity contribution in [2.24, 2.45) is 0 Å². The minimum Gasteiger partial charge on any atom is -0.376 e. The van der Waals surface area contributed by atoms with Gasteiger partial charge in [0, 0.05) is 37.8 Å². The van der Waals surface area contributed by atoms with Crippen LogP contribution in [0.2, 0.25) is 5.02 Å². The van der Waals surface area contributed by atoms with Crippen LogP contribution in [0, 0.1) is 0 Å². The molecule has 0 bridgehead atoms. The second-order valence-electron chi connectivity index (χ2n) is 7.55. The molecule has 168 valence electrons. The van der Waals surface area contributed by atoms with Gasteiger partial charge in [0.05, 0.1) is 23.4 Å². The average Bonchev–Trinajstić information content (AvgIpc) is 2.75. The summed E-state index contributed by atoms with van der Waals surface area (Å²) in [4.78, 5) is 18.8. The largest absolute Gasteiger partial charge is 0.376 e. The average molecular weight is 531 g/mol. The molecule has 0 unspecified atom stereocenters. The number of ether oxygens (including phenoxy) is 1. The fourth-order valence-corrected chi connectivity index (χ4v) is 5.48. The molecule has 1 aliphatic heterocycles. The van der Waals surface area contributed by atoms with Gasteiger partial charge in [0.15, 0.2) is 5.78 Å². The van der Waals surface area contributed by atoms with E-state index in [4.69, 9.17) is 16.3 Å². The van der Waals surface area contributed by atoms with Crippen LogP contribution in [0.4, 0.5) is 5.69 Å². The summed E-state index contributed by atoms with van der Waals surface area (Å²) >= 11 is 9.54. The Morgan fingerprint density at radius 3 is 2.61 bits per heavy atom. The topological polar surface area (TPSA) is 79.8 Å². The lowest BCUT2D eigenvalue weighted by Crippen LogP contribution is -2.35. The van der Waals surface area contributed by atoms with Gasteiger partial charge < -0.3 is 9.64 Å². The van der Waals surface area contributed by atoms with Gasteiger partial charge >= 0.3 is 0 Å². The van der Waals surface area contributed by atoms with E-state index in [2.05, 4.69) is 20.9 Å². The number of halogens is 2. The lowest BCUT2D eigenvalue weighted by molar-refractivity contribution is 0.0726. The van der Waals surface area contributed by atoms with Crippen LogP contribution >= 0.6 is 27.5 Å². The van der Waals surface area contributed by atoms with E-state index >= 15 is 0 Å². The summed E-state index contributed by atoms with van der Waals surface area (Å²) in [6, 6.07) is 6.26. The van der Waals surface area contributed by atoms with Crippen LogP contribution in [-0.4, -0.2) is 57.3 Å². The fourth-order valence-electron chi connectivity index (χ4n) is 3.41. The maximum absolute atomic E-state index is 12.9. The summed E-state index contributed by atoms with van der Waals surface area (Å²) in [5.41, 5.74) is 1.69. The van der Waals surface area contributed by atoms with E-state index in [9.17, 15) is 13.2 Å². The Hall–Kier alpha value is -1.52. The van der Waals surface area contributed by atoms with Crippen LogP contribution < -0.4 is 4.90 Å². The fraction of sp³-hybridized carbons (Fsp3) is 0.429. The van der Waals surface area contributed by atoms with E-state index in [1.807, 2.05) is 14.1 Å². The molecule has 1 aromatic heterocycles. The number of pyridine rings is 1. The van der Waals surface area contributed by atoms with E-state index in [0.29, 0.717) is 39.5 Å². The Kier molecular flexibility index (Phi) is 8.09. The molecule has 31 heavy (non-hydrogen) atoms. The van der Waals surface area contributed by atoms with Crippen LogP contribution in [0.25, 0.3) is 0 Å². The van der Waals surface area contributed by atoms with E-state index in [1.165, 1.54) is 16.4 Å². The smallest absolute Gasteiger partial charge is 0.243 e. The first-order valence-corrected chi connectivity index (χ1v) is 12.5. The van der Waals surface area contributed by atoms with Crippen molar-refractivity contribution in [3.05, 3.63) is 51.2 Å². The van der Waals surface area contributed by atoms with E-state index < -0.39 is 10.0 Å². The molecule has 0 saturated carbocycles. The Morgan fingerprint density at radius 1 is 1.23 bits per heavy atom. The van der Waals surface area contributed by atoms with E-state index in [-0.39, 0.29) is 23.9 Å². The van der Waals surface area contributed by atoms with Gasteiger partial charge in [-0.2, -0.15) is 4.31 Å². The van der Waals surface area contributed by atoms with E-state index in [0.717, 1.165) is 19.3 Å². The summed E-state index contributed by atoms with van der Waals surface area (Å²) in [5, 5.41) is 0.394. The molecule has 0 amide bonds. The van der Waals surface area contributed by atoms with Crippen molar-refractivity contribution in [2.75, 3.05) is 38.7 Å². The molecule has 0 spiro atoms. The molecule has 2 aromatic rings. The van der Waals surface area contributed by atoms with Gasteiger partial charge in [-0.25, -0.2) is 13.4 Å². The van der Waals surface area contributed by atoms with Crippen LogP contribution in [-0.2, 0) is 21.4 Å². The number of carbonyl (C=O) groups is 1. The van der Waals surface area contributed by atoms with Gasteiger partial charge in [-0.1, -0.05) is 18.0 Å². The maximum Gasteiger partial charge on any atom is 0.243 e. The molecular formula is C21H25BrClN3O4S. The second-order valence-corrected chi connectivity index (χ2v) is 10.7. The summed E-state index contributed by atoms with van der Waals surface area (Å²) in [7, 11) is 0.0889. The monoisotopic (exact) mass is 529 g/mol. The first-order valence-electron chi connectivity index (χ1n) is 9.92. The maximum atomic E-state index is 12.9. The zero-order chi connectivity index (χ0) is 22.6. The highest BCUT2D eigenvalue weighted by molar-refractivity contribution is 9.10. The zero-order valence-corrected chi connectivity index (χ0v) is 20.6. The van der Waals surface area contributed by atoms with Gasteiger partial charge in [0.25, 0.3) is 0 Å². The molecule has 1 aromatic carbocycles. The van der Waals surface area contributed by atoms with Crippen molar-refractivity contribution >= 4 is 49.0 Å². The van der Waals surface area contributed by atoms with Gasteiger partial charge in [-0.05, 0) is 58.6 Å². The minimum atomic E-state index is -3.57. The van der Waals surface area contributed by atoms with Crippen LogP contribution in [0.1, 0.15) is 35.2 Å². The third-order valence-electron chi connectivity index (χ3n) is 5.09. The lowest BCUT2D eigenvalue weighted by atomic mass is 10.1. The number of hydrogen-bond donors (Lipinski definition) is 0. The summed E-state index contributed by atoms with van der Waals surface area (Å²) in [5.74, 6) is -0.208. The SMILES string of the molecule is CN(C)c1cnc(Br)cc1C(=O)COCc1cc(S(=O)(=O)N2CCCCC2)ccc1Cl. The molecular weight excluding hydrogens is 506 g/mol. The normalized spacial score (nSPS) is 15.1. The Morgan fingerprint density at radius 2 is 1.94 bits per heavy atom. The number of ketones is 1. The summed E-state index contributed by atoms with van der Waals surface area (Å²) in [6.45, 7) is 0.913. The number of Topliss-reactive ketones (excluding diaryl/α,β-unsaturated/α-hetero) is 1. The zero-order valence-electron chi connectivity index (χ0n) is 17.5. The first kappa shape index (κ1) is 24.1. The molecule has 10 heteroatoms. The standard InChI is InChI=1S/C21H25BrClN3O4S/c1-25(2)19-12-24-21(22)11-17(19)20(27)14-30-13-15-10-16(6-7-18(15)23)31(28,29)26-8-4-3-5-9-26/h6-7,10-12H,3-5,8-9,13-14H2,1-2H3. The molecule has 2 heterocycles. The lowest BCUT2D eigenvalue weighted by Gasteiger charge is -2.26. The highest BCUT2D eigenvalue weighted by atomic mass is 79.9. The Labute approximate surface area is 196 Å². The van der Waals surface area contributed by atoms with Crippen molar-refractivity contribution in [1.82, 2.24) is 9.29 Å². The molecule has 1 aliphatic rings. The molecule has 1 fully saturated rings. The molecule has 0 N–H and O–H groups in total. The number of benzene rings is 1. The van der Waals surface area contributed by atoms with Gasteiger partial charge in [-0.3, -0.25) is 4.79 Å². The first-order chi connectivity index (χ1) is 14.7. The van der Waals surface area contributed by atoms with Crippen molar-refractivity contribution in [2.45, 2.75) is 30.8 Å². The van der Waals surface area contributed by atoms with Crippen LogP contribution in [0.15, 0.2) is 40.0 Å². The highest BCUT2D eigenvalue weighted by Crippen LogP contribution is 2.26. The van der Waals surface area contributed by atoms with Gasteiger partial charge in [-0.15, -0.1) is 0 Å². The number of rotatable bonds is 8. The minimum absolute atomic E-state index is 0.0253. The predicted molar refractivity (Wildman–Crippen MR) is 124 cm³/mol. The van der Waals surface area contributed by atoms with Crippen molar-refractivity contribution in [3.8, 4) is 0 Å². The van der Waals surface area contributed by atoms with Crippen molar-refractivity contribution in [3.63, 3.8) is 0 Å².